The van der Waals surface area contributed by atoms with Gasteiger partial charge >= 0.3 is 0 Å². The van der Waals surface area contributed by atoms with Crippen LogP contribution in [-0.2, 0) is 16.4 Å². The molecule has 0 aliphatic heterocycles. The van der Waals surface area contributed by atoms with Crippen LogP contribution in [0.15, 0.2) is 58.5 Å². The number of nitrogens with zero attached hydrogens (tertiary/aromatic N) is 1. The molecule has 26 heavy (non-hydrogen) atoms. The fourth-order valence-corrected chi connectivity index (χ4v) is 5.48. The third-order valence-corrected chi connectivity index (χ3v) is 7.56. The lowest BCUT2D eigenvalue weighted by atomic mass is 9.84. The monoisotopic (exact) mass is 368 g/mol. The van der Waals surface area contributed by atoms with E-state index in [9.17, 15) is 8.42 Å². The molecule has 2 unspecified atom stereocenters. The lowest BCUT2D eigenvalue weighted by Gasteiger charge is -2.21. The molecule has 1 saturated carbocycles. The van der Waals surface area contributed by atoms with Gasteiger partial charge in [0.2, 0.25) is 0 Å². The van der Waals surface area contributed by atoms with E-state index in [1.165, 1.54) is 11.1 Å². The molecular formula is C21H24N2O2S. The zero-order valence-electron chi connectivity index (χ0n) is 15.4. The van der Waals surface area contributed by atoms with Crippen molar-refractivity contribution in [2.75, 3.05) is 0 Å². The summed E-state index contributed by atoms with van der Waals surface area (Å²) in [6.07, 6.45) is 3.85. The number of sulfonamides is 1. The van der Waals surface area contributed by atoms with Gasteiger partial charge < -0.3 is 0 Å². The second-order valence-electron chi connectivity index (χ2n) is 8.06. The molecule has 0 heterocycles. The molecule has 2 aliphatic rings. The van der Waals surface area contributed by atoms with Gasteiger partial charge in [0.1, 0.15) is 0 Å². The minimum Gasteiger partial charge on any atom is -0.200 e. The van der Waals surface area contributed by atoms with E-state index >= 15 is 0 Å². The second-order valence-corrected chi connectivity index (χ2v) is 9.72. The van der Waals surface area contributed by atoms with Crippen molar-refractivity contribution in [1.82, 2.24) is 4.83 Å². The van der Waals surface area contributed by atoms with Gasteiger partial charge in [-0.15, -0.1) is 0 Å². The molecule has 1 fully saturated rings. The van der Waals surface area contributed by atoms with Gasteiger partial charge in [0.15, 0.2) is 0 Å². The highest BCUT2D eigenvalue weighted by Gasteiger charge is 2.71. The first-order chi connectivity index (χ1) is 12.3. The van der Waals surface area contributed by atoms with Crippen molar-refractivity contribution in [2.24, 2.45) is 15.9 Å². The zero-order chi connectivity index (χ0) is 18.6. The van der Waals surface area contributed by atoms with Crippen molar-refractivity contribution in [2.45, 2.75) is 44.4 Å². The number of hydrogen-bond acceptors (Lipinski definition) is 3. The van der Waals surface area contributed by atoms with Crippen LogP contribution in [0.3, 0.4) is 0 Å². The fraction of sp³-hybridized carbons (Fsp3) is 0.381. The summed E-state index contributed by atoms with van der Waals surface area (Å²) in [5.74, 6) is 0.396. The Labute approximate surface area is 155 Å². The van der Waals surface area contributed by atoms with Gasteiger partial charge in [-0.3, -0.25) is 0 Å². The van der Waals surface area contributed by atoms with Gasteiger partial charge in [-0.25, -0.2) is 4.83 Å². The molecule has 1 N–H and O–H groups in total. The van der Waals surface area contributed by atoms with E-state index in [1.807, 2.05) is 13.1 Å². The molecular weight excluding hydrogens is 344 g/mol. The number of aryl methyl sites for hydroxylation is 2. The smallest absolute Gasteiger partial charge is 0.200 e. The SMILES string of the molecule is Cc1ccc(S(=O)(=O)N/N=C/C23CCc4ccccc4C2C3(C)C)cc1. The molecule has 0 aromatic heterocycles. The Morgan fingerprint density at radius 2 is 1.81 bits per heavy atom. The molecule has 0 bridgehead atoms. The maximum atomic E-state index is 12.4. The lowest BCUT2D eigenvalue weighted by Crippen LogP contribution is -2.22. The van der Waals surface area contributed by atoms with Crippen molar-refractivity contribution in [3.05, 3.63) is 65.2 Å². The van der Waals surface area contributed by atoms with Crippen molar-refractivity contribution < 1.29 is 8.42 Å². The van der Waals surface area contributed by atoms with Crippen molar-refractivity contribution in [1.29, 1.82) is 0 Å². The molecule has 0 radical (unpaired) electrons. The van der Waals surface area contributed by atoms with Crippen molar-refractivity contribution in [3.8, 4) is 0 Å². The Balaban J connectivity index is 1.57. The first-order valence-corrected chi connectivity index (χ1v) is 10.5. The Hall–Kier alpha value is -2.14. The van der Waals surface area contributed by atoms with E-state index in [0.29, 0.717) is 5.92 Å². The topological polar surface area (TPSA) is 58.5 Å². The normalized spacial score (nSPS) is 26.2. The number of nitrogens with one attached hydrogen (secondary N) is 1. The van der Waals surface area contributed by atoms with Crippen LogP contribution in [0.25, 0.3) is 0 Å². The number of rotatable bonds is 4. The second kappa shape index (κ2) is 5.68. The Morgan fingerprint density at radius 3 is 2.54 bits per heavy atom. The largest absolute Gasteiger partial charge is 0.276 e. The fourth-order valence-electron chi connectivity index (χ4n) is 4.69. The van der Waals surface area contributed by atoms with Gasteiger partial charge in [0.05, 0.1) is 4.90 Å². The Bertz CT molecular complexity index is 977. The van der Waals surface area contributed by atoms with E-state index in [-0.39, 0.29) is 15.7 Å². The molecule has 136 valence electrons. The third kappa shape index (κ3) is 2.49. The summed E-state index contributed by atoms with van der Waals surface area (Å²) in [5, 5.41) is 4.18. The quantitative estimate of drug-likeness (QED) is 0.655. The maximum absolute atomic E-state index is 12.4. The van der Waals surface area contributed by atoms with E-state index in [4.69, 9.17) is 0 Å². The summed E-state index contributed by atoms with van der Waals surface area (Å²) in [6, 6.07) is 15.4. The van der Waals surface area contributed by atoms with E-state index in [0.717, 1.165) is 18.4 Å². The first kappa shape index (κ1) is 17.3. The number of hydrogen-bond donors (Lipinski definition) is 1. The van der Waals surface area contributed by atoms with Crippen LogP contribution in [0, 0.1) is 17.8 Å². The van der Waals surface area contributed by atoms with Crippen LogP contribution in [0.4, 0.5) is 0 Å². The molecule has 0 saturated heterocycles. The van der Waals surface area contributed by atoms with E-state index in [1.54, 1.807) is 24.3 Å². The van der Waals surface area contributed by atoms with Gasteiger partial charge in [0, 0.05) is 17.5 Å². The van der Waals surface area contributed by atoms with Crippen LogP contribution in [0.5, 0.6) is 0 Å². The molecule has 4 nitrogen and oxygen atoms in total. The highest BCUT2D eigenvalue weighted by atomic mass is 32.2. The molecule has 0 spiro atoms. The summed E-state index contributed by atoms with van der Waals surface area (Å²) in [7, 11) is -3.63. The van der Waals surface area contributed by atoms with E-state index < -0.39 is 10.0 Å². The van der Waals surface area contributed by atoms with Gasteiger partial charge in [-0.2, -0.15) is 13.5 Å². The first-order valence-electron chi connectivity index (χ1n) is 8.98. The highest BCUT2D eigenvalue weighted by molar-refractivity contribution is 7.89. The predicted molar refractivity (Wildman–Crippen MR) is 104 cm³/mol. The van der Waals surface area contributed by atoms with Gasteiger partial charge in [-0.05, 0) is 48.4 Å². The Morgan fingerprint density at radius 1 is 1.12 bits per heavy atom. The molecule has 0 amide bonds. The lowest BCUT2D eigenvalue weighted by molar-refractivity contribution is 0.469. The summed E-state index contributed by atoms with van der Waals surface area (Å²) in [6.45, 7) is 6.43. The minimum absolute atomic E-state index is 0.0723. The van der Waals surface area contributed by atoms with Crippen molar-refractivity contribution >= 4 is 16.2 Å². The van der Waals surface area contributed by atoms with Crippen LogP contribution < -0.4 is 4.83 Å². The predicted octanol–water partition coefficient (Wildman–Crippen LogP) is 4.02. The summed E-state index contributed by atoms with van der Waals surface area (Å²) >= 11 is 0. The molecule has 2 aliphatic carbocycles. The van der Waals surface area contributed by atoms with Crippen LogP contribution >= 0.6 is 0 Å². The third-order valence-electron chi connectivity index (χ3n) is 6.33. The maximum Gasteiger partial charge on any atom is 0.276 e. The zero-order valence-corrected chi connectivity index (χ0v) is 16.2. The molecule has 4 rings (SSSR count). The average molecular weight is 369 g/mol. The summed E-state index contributed by atoms with van der Waals surface area (Å²) < 4.78 is 24.9. The highest BCUT2D eigenvalue weighted by Crippen LogP contribution is 2.77. The number of hydrazone groups is 1. The minimum atomic E-state index is -3.63. The standard InChI is InChI=1S/C21H24N2O2S/c1-15-8-10-17(11-9-15)26(24,25)23-22-14-21-13-12-16-6-4-5-7-18(16)19(21)20(21,2)3/h4-11,14,19,23H,12-13H2,1-3H3/b22-14+. The van der Waals surface area contributed by atoms with Crippen LogP contribution in [-0.4, -0.2) is 14.6 Å². The van der Waals surface area contributed by atoms with Crippen molar-refractivity contribution in [3.63, 3.8) is 0 Å². The van der Waals surface area contributed by atoms with E-state index in [2.05, 4.69) is 48.0 Å². The van der Waals surface area contributed by atoms with Gasteiger partial charge in [0.25, 0.3) is 10.0 Å². The number of benzene rings is 2. The van der Waals surface area contributed by atoms with Crippen LogP contribution in [0.1, 0.15) is 42.9 Å². The Kier molecular flexibility index (Phi) is 3.77. The number of fused-ring (bicyclic) bond motifs is 3. The summed E-state index contributed by atoms with van der Waals surface area (Å²) in [4.78, 5) is 2.63. The molecule has 5 heteroatoms. The van der Waals surface area contributed by atoms with Gasteiger partial charge in [-0.1, -0.05) is 55.8 Å². The summed E-state index contributed by atoms with van der Waals surface area (Å²) in [5.41, 5.74) is 3.83. The molecule has 2 aromatic rings. The van der Waals surface area contributed by atoms with Crippen LogP contribution in [0.2, 0.25) is 0 Å². The molecule has 2 atom stereocenters. The molecule has 2 aromatic carbocycles. The average Bonchev–Trinajstić information content (AvgIpc) is 3.11.